The molecule has 114 valence electrons. The summed E-state index contributed by atoms with van der Waals surface area (Å²) in [5.74, 6) is 1.60. The largest absolute Gasteiger partial charge is 0.497 e. The van der Waals surface area contributed by atoms with Crippen molar-refractivity contribution in [2.45, 2.75) is 19.4 Å². The first-order chi connectivity index (χ1) is 10.2. The molecule has 0 radical (unpaired) electrons. The summed E-state index contributed by atoms with van der Waals surface area (Å²) >= 11 is 0. The Labute approximate surface area is 125 Å². The Kier molecular flexibility index (Phi) is 5.22. The lowest BCUT2D eigenvalue weighted by molar-refractivity contribution is 0.386. The minimum Gasteiger partial charge on any atom is -0.497 e. The van der Waals surface area contributed by atoms with E-state index < -0.39 is 0 Å². The van der Waals surface area contributed by atoms with E-state index in [-0.39, 0.29) is 6.04 Å². The van der Waals surface area contributed by atoms with Crippen molar-refractivity contribution < 1.29 is 9.47 Å². The average molecular weight is 289 g/mol. The number of ether oxygens (including phenoxy) is 2. The van der Waals surface area contributed by atoms with E-state index in [2.05, 4.69) is 17.3 Å². The molecule has 1 heterocycles. The van der Waals surface area contributed by atoms with E-state index in [1.807, 2.05) is 42.2 Å². The van der Waals surface area contributed by atoms with E-state index in [4.69, 9.17) is 9.47 Å². The van der Waals surface area contributed by atoms with Crippen molar-refractivity contribution in [1.29, 1.82) is 0 Å². The quantitative estimate of drug-likeness (QED) is 0.851. The summed E-state index contributed by atoms with van der Waals surface area (Å²) in [6.07, 6.45) is 2.87. The molecule has 0 aliphatic rings. The van der Waals surface area contributed by atoms with Crippen molar-refractivity contribution in [3.05, 3.63) is 41.7 Å². The summed E-state index contributed by atoms with van der Waals surface area (Å²) in [4.78, 5) is 0. The molecule has 0 bridgehead atoms. The maximum atomic E-state index is 5.54. The molecule has 1 atom stereocenters. The SMILES string of the molecule is CCCNC(c1ccc(OC)cc1OC)c1ccnn1C. The summed E-state index contributed by atoms with van der Waals surface area (Å²) in [5, 5.41) is 7.83. The molecule has 0 amide bonds. The van der Waals surface area contributed by atoms with Crippen molar-refractivity contribution in [1.82, 2.24) is 15.1 Å². The first kappa shape index (κ1) is 15.4. The molecule has 5 heteroatoms. The van der Waals surface area contributed by atoms with Gasteiger partial charge in [-0.3, -0.25) is 4.68 Å². The van der Waals surface area contributed by atoms with Gasteiger partial charge in [0.2, 0.25) is 0 Å². The monoisotopic (exact) mass is 289 g/mol. The zero-order valence-electron chi connectivity index (χ0n) is 13.1. The third-order valence-corrected chi connectivity index (χ3v) is 3.50. The fraction of sp³-hybridized carbons (Fsp3) is 0.438. The van der Waals surface area contributed by atoms with Gasteiger partial charge in [-0.15, -0.1) is 0 Å². The molecular formula is C16H23N3O2. The number of nitrogens with zero attached hydrogens (tertiary/aromatic N) is 2. The van der Waals surface area contributed by atoms with Crippen molar-refractivity contribution >= 4 is 0 Å². The summed E-state index contributed by atoms with van der Waals surface area (Å²) in [6, 6.07) is 7.97. The highest BCUT2D eigenvalue weighted by atomic mass is 16.5. The van der Waals surface area contributed by atoms with Crippen LogP contribution in [0.2, 0.25) is 0 Å². The number of rotatable bonds is 7. The summed E-state index contributed by atoms with van der Waals surface area (Å²) in [7, 11) is 5.28. The minimum atomic E-state index is 0.0401. The Morgan fingerprint density at radius 3 is 2.62 bits per heavy atom. The molecular weight excluding hydrogens is 266 g/mol. The molecule has 0 fully saturated rings. The maximum absolute atomic E-state index is 5.54. The van der Waals surface area contributed by atoms with Crippen molar-refractivity contribution in [2.75, 3.05) is 20.8 Å². The van der Waals surface area contributed by atoms with Gasteiger partial charge >= 0.3 is 0 Å². The molecule has 5 nitrogen and oxygen atoms in total. The van der Waals surface area contributed by atoms with Crippen molar-refractivity contribution in [3.63, 3.8) is 0 Å². The fourth-order valence-corrected chi connectivity index (χ4v) is 2.39. The highest BCUT2D eigenvalue weighted by Gasteiger charge is 2.20. The van der Waals surface area contributed by atoms with Crippen LogP contribution in [0.1, 0.15) is 30.6 Å². The lowest BCUT2D eigenvalue weighted by atomic mass is 10.0. The second kappa shape index (κ2) is 7.13. The van der Waals surface area contributed by atoms with E-state index in [0.29, 0.717) is 0 Å². The Morgan fingerprint density at radius 1 is 1.24 bits per heavy atom. The molecule has 2 rings (SSSR count). The van der Waals surface area contributed by atoms with E-state index in [1.54, 1.807) is 14.2 Å². The van der Waals surface area contributed by atoms with Crippen LogP contribution < -0.4 is 14.8 Å². The van der Waals surface area contributed by atoms with Gasteiger partial charge in [-0.05, 0) is 31.2 Å². The number of hydrogen-bond acceptors (Lipinski definition) is 4. The molecule has 21 heavy (non-hydrogen) atoms. The summed E-state index contributed by atoms with van der Waals surface area (Å²) in [5.41, 5.74) is 2.18. The molecule has 2 aromatic rings. The Bertz CT molecular complexity index is 581. The van der Waals surface area contributed by atoms with Gasteiger partial charge in [0.15, 0.2) is 0 Å². The number of aromatic nitrogens is 2. The lowest BCUT2D eigenvalue weighted by Crippen LogP contribution is -2.25. The molecule has 0 aliphatic heterocycles. The van der Waals surface area contributed by atoms with Crippen LogP contribution in [0.25, 0.3) is 0 Å². The van der Waals surface area contributed by atoms with E-state index in [9.17, 15) is 0 Å². The Balaban J connectivity index is 2.43. The predicted octanol–water partition coefficient (Wildman–Crippen LogP) is 2.53. The topological polar surface area (TPSA) is 48.3 Å². The van der Waals surface area contributed by atoms with Crippen LogP contribution >= 0.6 is 0 Å². The smallest absolute Gasteiger partial charge is 0.127 e. The molecule has 1 aromatic carbocycles. The first-order valence-corrected chi connectivity index (χ1v) is 7.14. The zero-order chi connectivity index (χ0) is 15.2. The van der Waals surface area contributed by atoms with Gasteiger partial charge < -0.3 is 14.8 Å². The Hall–Kier alpha value is -2.01. The number of methoxy groups -OCH3 is 2. The predicted molar refractivity (Wildman–Crippen MR) is 82.9 cm³/mol. The third kappa shape index (κ3) is 3.36. The minimum absolute atomic E-state index is 0.0401. The standard InChI is InChI=1S/C16H23N3O2/c1-5-9-17-16(14-8-10-18-19(14)2)13-7-6-12(20-3)11-15(13)21-4/h6-8,10-11,16-17H,5,9H2,1-4H3. The van der Waals surface area contributed by atoms with Crippen LogP contribution in [0.15, 0.2) is 30.5 Å². The number of hydrogen-bond donors (Lipinski definition) is 1. The summed E-state index contributed by atoms with van der Waals surface area (Å²) in [6.45, 7) is 3.07. The second-order valence-corrected chi connectivity index (χ2v) is 4.87. The highest BCUT2D eigenvalue weighted by molar-refractivity contribution is 5.45. The van der Waals surface area contributed by atoms with Gasteiger partial charge in [-0.25, -0.2) is 0 Å². The Morgan fingerprint density at radius 2 is 2.05 bits per heavy atom. The number of nitrogens with one attached hydrogen (secondary N) is 1. The van der Waals surface area contributed by atoms with Gasteiger partial charge in [0.25, 0.3) is 0 Å². The van der Waals surface area contributed by atoms with Gasteiger partial charge in [-0.1, -0.05) is 6.92 Å². The highest BCUT2D eigenvalue weighted by Crippen LogP contribution is 2.32. The third-order valence-electron chi connectivity index (χ3n) is 3.50. The van der Waals surface area contributed by atoms with Crippen molar-refractivity contribution in [2.24, 2.45) is 7.05 Å². The van der Waals surface area contributed by atoms with E-state index in [1.165, 1.54) is 0 Å². The van der Waals surface area contributed by atoms with Crippen LogP contribution in [0, 0.1) is 0 Å². The van der Waals surface area contributed by atoms with Crippen LogP contribution in [0.4, 0.5) is 0 Å². The molecule has 1 aromatic heterocycles. The fourth-order valence-electron chi connectivity index (χ4n) is 2.39. The van der Waals surface area contributed by atoms with Gasteiger partial charge in [0.05, 0.1) is 26.0 Å². The summed E-state index contributed by atoms with van der Waals surface area (Å²) < 4.78 is 12.7. The van der Waals surface area contributed by atoms with Crippen molar-refractivity contribution in [3.8, 4) is 11.5 Å². The van der Waals surface area contributed by atoms with Gasteiger partial charge in [0, 0.05) is 24.9 Å². The number of benzene rings is 1. The van der Waals surface area contributed by atoms with Crippen LogP contribution in [0.3, 0.4) is 0 Å². The molecule has 1 unspecified atom stereocenters. The molecule has 0 spiro atoms. The van der Waals surface area contributed by atoms with E-state index in [0.717, 1.165) is 35.7 Å². The lowest BCUT2D eigenvalue weighted by Gasteiger charge is -2.22. The molecule has 0 saturated carbocycles. The van der Waals surface area contributed by atoms with Gasteiger partial charge in [0.1, 0.15) is 11.5 Å². The van der Waals surface area contributed by atoms with Crippen LogP contribution in [-0.2, 0) is 7.05 Å². The zero-order valence-corrected chi connectivity index (χ0v) is 13.1. The molecule has 0 aliphatic carbocycles. The maximum Gasteiger partial charge on any atom is 0.127 e. The normalized spacial score (nSPS) is 12.2. The first-order valence-electron chi connectivity index (χ1n) is 7.14. The average Bonchev–Trinajstić information content (AvgIpc) is 2.94. The molecule has 0 saturated heterocycles. The van der Waals surface area contributed by atoms with E-state index >= 15 is 0 Å². The number of aryl methyl sites for hydroxylation is 1. The second-order valence-electron chi connectivity index (χ2n) is 4.87. The van der Waals surface area contributed by atoms with Crippen LogP contribution in [-0.4, -0.2) is 30.5 Å². The van der Waals surface area contributed by atoms with Gasteiger partial charge in [-0.2, -0.15) is 5.10 Å². The van der Waals surface area contributed by atoms with Crippen LogP contribution in [0.5, 0.6) is 11.5 Å². The molecule has 1 N–H and O–H groups in total.